The first-order chi connectivity index (χ1) is 12.8. The molecule has 0 aliphatic rings. The number of methoxy groups -OCH3 is 2. The fourth-order valence-corrected chi connectivity index (χ4v) is 3.62. The summed E-state index contributed by atoms with van der Waals surface area (Å²) in [6, 6.07) is 4.79. The van der Waals surface area contributed by atoms with E-state index in [1.165, 1.54) is 14.2 Å². The van der Waals surface area contributed by atoms with Gasteiger partial charge in [-0.05, 0) is 24.5 Å². The van der Waals surface area contributed by atoms with Crippen LogP contribution in [0.25, 0.3) is 0 Å². The second-order valence-corrected chi connectivity index (χ2v) is 8.43. The van der Waals surface area contributed by atoms with E-state index < -0.39 is 10.0 Å². The normalized spacial score (nSPS) is 12.3. The zero-order chi connectivity index (χ0) is 20.4. The van der Waals surface area contributed by atoms with Gasteiger partial charge in [-0.2, -0.15) is 0 Å². The highest BCUT2D eigenvalue weighted by molar-refractivity contribution is 7.92. The maximum Gasteiger partial charge on any atom is 0.240 e. The molecule has 0 aliphatic carbocycles. The maximum absolute atomic E-state index is 12.4. The number of hydrogen-bond donors (Lipinski definition) is 1. The summed E-state index contributed by atoms with van der Waals surface area (Å²) in [6.07, 6.45) is 5.33. The molecule has 0 saturated heterocycles. The first-order valence-corrected chi connectivity index (χ1v) is 11.1. The van der Waals surface area contributed by atoms with Gasteiger partial charge in [0.1, 0.15) is 18.0 Å². The average Bonchev–Trinajstić information content (AvgIpc) is 2.64. The molecule has 0 aliphatic heterocycles. The Kier molecular flexibility index (Phi) is 9.41. The van der Waals surface area contributed by atoms with E-state index in [9.17, 15) is 13.2 Å². The fraction of sp³-hybridized carbons (Fsp3) is 0.632. The Bertz CT molecular complexity index is 706. The molecule has 0 radical (unpaired) electrons. The van der Waals surface area contributed by atoms with Crippen molar-refractivity contribution in [3.8, 4) is 11.5 Å². The Hall–Kier alpha value is -1.96. The van der Waals surface area contributed by atoms with Crippen molar-refractivity contribution in [1.29, 1.82) is 0 Å². The van der Waals surface area contributed by atoms with E-state index >= 15 is 0 Å². The van der Waals surface area contributed by atoms with E-state index in [1.54, 1.807) is 18.2 Å². The maximum atomic E-state index is 12.4. The van der Waals surface area contributed by atoms with Gasteiger partial charge in [-0.3, -0.25) is 9.10 Å². The number of rotatable bonds is 12. The number of benzene rings is 1. The first kappa shape index (κ1) is 23.1. The quantitative estimate of drug-likeness (QED) is 0.583. The van der Waals surface area contributed by atoms with Crippen LogP contribution in [-0.2, 0) is 14.8 Å². The highest BCUT2D eigenvalue weighted by atomic mass is 32.2. The van der Waals surface area contributed by atoms with Gasteiger partial charge in [0.05, 0.1) is 26.2 Å². The van der Waals surface area contributed by atoms with Gasteiger partial charge in [-0.25, -0.2) is 8.42 Å². The van der Waals surface area contributed by atoms with Crippen molar-refractivity contribution in [3.05, 3.63) is 18.2 Å². The van der Waals surface area contributed by atoms with Crippen LogP contribution >= 0.6 is 0 Å². The van der Waals surface area contributed by atoms with Gasteiger partial charge < -0.3 is 14.8 Å². The predicted molar refractivity (Wildman–Crippen MR) is 108 cm³/mol. The summed E-state index contributed by atoms with van der Waals surface area (Å²) in [5, 5.41) is 2.86. The van der Waals surface area contributed by atoms with Crippen molar-refractivity contribution >= 4 is 21.6 Å². The van der Waals surface area contributed by atoms with E-state index in [0.717, 1.165) is 36.2 Å². The van der Waals surface area contributed by atoms with Crippen LogP contribution < -0.4 is 19.1 Å². The molecule has 1 unspecified atom stereocenters. The summed E-state index contributed by atoms with van der Waals surface area (Å²) < 4.78 is 36.0. The molecule has 1 rings (SSSR count). The number of amides is 1. The van der Waals surface area contributed by atoms with Gasteiger partial charge in [0.15, 0.2) is 0 Å². The lowest BCUT2D eigenvalue weighted by atomic mass is 9.99. The summed E-state index contributed by atoms with van der Waals surface area (Å²) in [5.41, 5.74) is 0.300. The van der Waals surface area contributed by atoms with E-state index in [0.29, 0.717) is 29.6 Å². The van der Waals surface area contributed by atoms with Crippen LogP contribution in [0.4, 0.5) is 5.69 Å². The highest BCUT2D eigenvalue weighted by Gasteiger charge is 2.24. The van der Waals surface area contributed by atoms with Crippen LogP contribution in [-0.4, -0.2) is 47.9 Å². The number of carbonyl (C=O) groups excluding carboxylic acids is 1. The predicted octanol–water partition coefficient (Wildman–Crippen LogP) is 2.80. The van der Waals surface area contributed by atoms with Gasteiger partial charge in [0, 0.05) is 12.6 Å². The van der Waals surface area contributed by atoms with Crippen LogP contribution in [0.15, 0.2) is 18.2 Å². The average molecular weight is 401 g/mol. The second kappa shape index (κ2) is 11.0. The molecule has 0 heterocycles. The molecule has 27 heavy (non-hydrogen) atoms. The summed E-state index contributed by atoms with van der Waals surface area (Å²) in [6.45, 7) is 4.48. The number of hydrogen-bond acceptors (Lipinski definition) is 5. The Labute approximate surface area is 163 Å². The van der Waals surface area contributed by atoms with E-state index in [1.807, 2.05) is 0 Å². The summed E-state index contributed by atoms with van der Waals surface area (Å²) in [5.74, 6) is 0.918. The van der Waals surface area contributed by atoms with Gasteiger partial charge in [-0.15, -0.1) is 0 Å². The standard InChI is InChI=1S/C19H32N2O5S/c1-6-8-9-15(7-2)13-20-19(22)14-21(27(5,23)24)17-11-10-16(25-3)12-18(17)26-4/h10-12,15H,6-9,13-14H2,1-5H3,(H,20,22). The highest BCUT2D eigenvalue weighted by Crippen LogP contribution is 2.33. The van der Waals surface area contributed by atoms with E-state index in [-0.39, 0.29) is 12.5 Å². The topological polar surface area (TPSA) is 84.9 Å². The molecule has 1 atom stereocenters. The fourth-order valence-electron chi connectivity index (χ4n) is 2.76. The molecule has 154 valence electrons. The summed E-state index contributed by atoms with van der Waals surface area (Å²) in [7, 11) is -0.716. The number of ether oxygens (including phenoxy) is 2. The first-order valence-electron chi connectivity index (χ1n) is 9.23. The van der Waals surface area contributed by atoms with Gasteiger partial charge in [0.25, 0.3) is 0 Å². The molecular formula is C19H32N2O5S. The molecule has 0 fully saturated rings. The van der Waals surface area contributed by atoms with Crippen molar-refractivity contribution in [3.63, 3.8) is 0 Å². The largest absolute Gasteiger partial charge is 0.497 e. The van der Waals surface area contributed by atoms with Crippen LogP contribution in [0.5, 0.6) is 11.5 Å². The number of anilines is 1. The van der Waals surface area contributed by atoms with Crippen LogP contribution in [0, 0.1) is 5.92 Å². The van der Waals surface area contributed by atoms with Crippen LogP contribution in [0.2, 0.25) is 0 Å². The third kappa shape index (κ3) is 7.28. The van der Waals surface area contributed by atoms with Gasteiger partial charge in [-0.1, -0.05) is 33.1 Å². The Morgan fingerprint density at radius 2 is 1.93 bits per heavy atom. The van der Waals surface area contributed by atoms with Crippen molar-refractivity contribution in [1.82, 2.24) is 5.32 Å². The minimum Gasteiger partial charge on any atom is -0.497 e. The molecule has 0 aromatic heterocycles. The lowest BCUT2D eigenvalue weighted by Gasteiger charge is -2.24. The summed E-state index contributed by atoms with van der Waals surface area (Å²) in [4.78, 5) is 12.4. The summed E-state index contributed by atoms with van der Waals surface area (Å²) >= 11 is 0. The van der Waals surface area contributed by atoms with Crippen LogP contribution in [0.1, 0.15) is 39.5 Å². The molecule has 8 heteroatoms. The Balaban J connectivity index is 2.92. The monoisotopic (exact) mass is 400 g/mol. The second-order valence-electron chi connectivity index (χ2n) is 6.53. The number of carbonyl (C=O) groups is 1. The van der Waals surface area contributed by atoms with Gasteiger partial charge >= 0.3 is 0 Å². The van der Waals surface area contributed by atoms with Gasteiger partial charge in [0.2, 0.25) is 15.9 Å². The minimum absolute atomic E-state index is 0.300. The number of sulfonamides is 1. The molecule has 0 spiro atoms. The molecule has 1 aromatic rings. The minimum atomic E-state index is -3.67. The number of nitrogens with one attached hydrogen (secondary N) is 1. The third-order valence-corrected chi connectivity index (χ3v) is 5.60. The van der Waals surface area contributed by atoms with Crippen molar-refractivity contribution in [2.24, 2.45) is 5.92 Å². The van der Waals surface area contributed by atoms with Crippen molar-refractivity contribution < 1.29 is 22.7 Å². The van der Waals surface area contributed by atoms with E-state index in [4.69, 9.17) is 9.47 Å². The molecule has 0 saturated carbocycles. The molecule has 0 bridgehead atoms. The molecule has 7 nitrogen and oxygen atoms in total. The smallest absolute Gasteiger partial charge is 0.240 e. The lowest BCUT2D eigenvalue weighted by Crippen LogP contribution is -2.41. The zero-order valence-electron chi connectivity index (χ0n) is 16.9. The third-order valence-electron chi connectivity index (χ3n) is 4.47. The Morgan fingerprint density at radius 1 is 1.22 bits per heavy atom. The Morgan fingerprint density at radius 3 is 2.44 bits per heavy atom. The van der Waals surface area contributed by atoms with Crippen LogP contribution in [0.3, 0.4) is 0 Å². The SMILES string of the molecule is CCCCC(CC)CNC(=O)CN(c1ccc(OC)cc1OC)S(C)(=O)=O. The molecular weight excluding hydrogens is 368 g/mol. The number of unbranched alkanes of at least 4 members (excludes halogenated alkanes) is 1. The lowest BCUT2D eigenvalue weighted by molar-refractivity contribution is -0.119. The molecule has 1 N–H and O–H groups in total. The number of nitrogens with zero attached hydrogens (tertiary/aromatic N) is 1. The molecule has 1 aromatic carbocycles. The van der Waals surface area contributed by atoms with E-state index in [2.05, 4.69) is 19.2 Å². The zero-order valence-corrected chi connectivity index (χ0v) is 17.8. The van der Waals surface area contributed by atoms with Crippen molar-refractivity contribution in [2.75, 3.05) is 37.9 Å². The molecule has 1 amide bonds. The van der Waals surface area contributed by atoms with Crippen molar-refractivity contribution in [2.45, 2.75) is 39.5 Å².